The summed E-state index contributed by atoms with van der Waals surface area (Å²) in [4.78, 5) is 9.50. The van der Waals surface area contributed by atoms with Crippen LogP contribution in [0.1, 0.15) is 0 Å². The molecule has 17 heavy (non-hydrogen) atoms. The van der Waals surface area contributed by atoms with Crippen molar-refractivity contribution in [2.24, 2.45) is 5.73 Å². The lowest BCUT2D eigenvalue weighted by atomic mass is 10.3. The van der Waals surface area contributed by atoms with Crippen LogP contribution >= 0.6 is 11.6 Å². The number of sulfonamides is 1. The third-order valence-corrected chi connectivity index (χ3v) is 3.79. The Balaban J connectivity index is 3.20. The van der Waals surface area contributed by atoms with Crippen molar-refractivity contribution in [2.75, 3.05) is 13.1 Å². The number of nitrogens with one attached hydrogen (secondary N) is 1. The molecule has 0 amide bonds. The summed E-state index contributed by atoms with van der Waals surface area (Å²) >= 11 is 5.69. The van der Waals surface area contributed by atoms with E-state index in [4.69, 9.17) is 17.3 Å². The molecular formula is C8H10ClN3O4S. The minimum atomic E-state index is -3.88. The van der Waals surface area contributed by atoms with Gasteiger partial charge in [-0.25, -0.2) is 13.1 Å². The Morgan fingerprint density at radius 3 is 2.65 bits per heavy atom. The summed E-state index contributed by atoms with van der Waals surface area (Å²) in [7, 11) is -3.88. The van der Waals surface area contributed by atoms with E-state index in [1.165, 1.54) is 0 Å². The van der Waals surface area contributed by atoms with Gasteiger partial charge >= 0.3 is 0 Å². The molecule has 3 N–H and O–H groups in total. The van der Waals surface area contributed by atoms with Gasteiger partial charge in [0.2, 0.25) is 10.0 Å². The van der Waals surface area contributed by atoms with Gasteiger partial charge in [0.05, 0.1) is 9.95 Å². The molecule has 0 spiro atoms. The van der Waals surface area contributed by atoms with Gasteiger partial charge in [-0.1, -0.05) is 11.6 Å². The summed E-state index contributed by atoms with van der Waals surface area (Å²) in [5, 5.41) is 10.4. The van der Waals surface area contributed by atoms with Crippen molar-refractivity contribution in [3.05, 3.63) is 33.3 Å². The van der Waals surface area contributed by atoms with E-state index in [9.17, 15) is 18.5 Å². The molecule has 0 atom stereocenters. The molecule has 7 nitrogen and oxygen atoms in total. The minimum Gasteiger partial charge on any atom is -0.329 e. The SMILES string of the molecule is NCCNS(=O)(=O)c1cc([N+](=O)[O-])ccc1Cl. The second kappa shape index (κ2) is 5.41. The Hall–Kier alpha value is -1.22. The fraction of sp³-hybridized carbons (Fsp3) is 0.250. The van der Waals surface area contributed by atoms with Gasteiger partial charge in [0.1, 0.15) is 4.90 Å². The molecule has 0 aliphatic rings. The molecular weight excluding hydrogens is 270 g/mol. The molecule has 1 aromatic carbocycles. The minimum absolute atomic E-state index is 0.0291. The van der Waals surface area contributed by atoms with Crippen molar-refractivity contribution in [1.82, 2.24) is 4.72 Å². The zero-order chi connectivity index (χ0) is 13.1. The molecule has 0 aliphatic heterocycles. The largest absolute Gasteiger partial charge is 0.329 e. The van der Waals surface area contributed by atoms with Gasteiger partial charge in [-0.15, -0.1) is 0 Å². The first-order valence-electron chi connectivity index (χ1n) is 4.52. The first-order valence-corrected chi connectivity index (χ1v) is 6.38. The number of nitrogens with two attached hydrogens (primary N) is 1. The van der Waals surface area contributed by atoms with Crippen LogP contribution in [0.25, 0.3) is 0 Å². The third kappa shape index (κ3) is 3.37. The number of benzene rings is 1. The second-order valence-electron chi connectivity index (χ2n) is 3.06. The Labute approximate surface area is 103 Å². The highest BCUT2D eigenvalue weighted by molar-refractivity contribution is 7.89. The van der Waals surface area contributed by atoms with Crippen LogP contribution in [0.5, 0.6) is 0 Å². The molecule has 0 unspecified atom stereocenters. The summed E-state index contributed by atoms with van der Waals surface area (Å²) < 4.78 is 25.6. The summed E-state index contributed by atoms with van der Waals surface area (Å²) in [5.74, 6) is 0. The van der Waals surface area contributed by atoms with Gasteiger partial charge in [-0.2, -0.15) is 0 Å². The molecule has 0 saturated carbocycles. The van der Waals surface area contributed by atoms with Crippen molar-refractivity contribution < 1.29 is 13.3 Å². The highest BCUT2D eigenvalue weighted by atomic mass is 35.5. The number of nitro groups is 1. The molecule has 1 aromatic rings. The number of nitrogens with zero attached hydrogens (tertiary/aromatic N) is 1. The highest BCUT2D eigenvalue weighted by Crippen LogP contribution is 2.25. The van der Waals surface area contributed by atoms with Crippen molar-refractivity contribution in [2.45, 2.75) is 4.90 Å². The summed E-state index contributed by atoms with van der Waals surface area (Å²) in [5.41, 5.74) is 4.82. The molecule has 0 saturated heterocycles. The standard InChI is InChI=1S/C8H10ClN3O4S/c9-7-2-1-6(12(13)14)5-8(7)17(15,16)11-4-3-10/h1-2,5,11H,3-4,10H2. The van der Waals surface area contributed by atoms with Crippen LogP contribution in [0.4, 0.5) is 5.69 Å². The smallest absolute Gasteiger partial charge is 0.270 e. The first kappa shape index (κ1) is 13.8. The molecule has 0 heterocycles. The average Bonchev–Trinajstić information content (AvgIpc) is 2.26. The van der Waals surface area contributed by atoms with Gasteiger partial charge in [0, 0.05) is 25.2 Å². The van der Waals surface area contributed by atoms with E-state index in [0.29, 0.717) is 0 Å². The lowest BCUT2D eigenvalue weighted by molar-refractivity contribution is -0.385. The highest BCUT2D eigenvalue weighted by Gasteiger charge is 2.20. The first-order chi connectivity index (χ1) is 7.88. The molecule has 9 heteroatoms. The zero-order valence-corrected chi connectivity index (χ0v) is 10.2. The quantitative estimate of drug-likeness (QED) is 0.601. The van der Waals surface area contributed by atoms with Crippen LogP contribution in [-0.2, 0) is 10.0 Å². The van der Waals surface area contributed by atoms with Crippen molar-refractivity contribution in [1.29, 1.82) is 0 Å². The maximum atomic E-state index is 11.7. The van der Waals surface area contributed by atoms with Crippen LogP contribution in [0.2, 0.25) is 5.02 Å². The summed E-state index contributed by atoms with van der Waals surface area (Å²) in [6.45, 7) is 0.146. The van der Waals surface area contributed by atoms with Crippen LogP contribution in [-0.4, -0.2) is 26.4 Å². The predicted molar refractivity (Wildman–Crippen MR) is 62.3 cm³/mol. The van der Waals surface area contributed by atoms with Crippen LogP contribution in [0.3, 0.4) is 0 Å². The molecule has 0 fully saturated rings. The van der Waals surface area contributed by atoms with E-state index >= 15 is 0 Å². The van der Waals surface area contributed by atoms with Gasteiger partial charge in [0.25, 0.3) is 5.69 Å². The zero-order valence-electron chi connectivity index (χ0n) is 8.59. The Morgan fingerprint density at radius 2 is 2.12 bits per heavy atom. The maximum Gasteiger partial charge on any atom is 0.270 e. The molecule has 0 radical (unpaired) electrons. The van der Waals surface area contributed by atoms with E-state index in [1.54, 1.807) is 0 Å². The lowest BCUT2D eigenvalue weighted by Gasteiger charge is -2.06. The molecule has 94 valence electrons. The predicted octanol–water partition coefficient (Wildman–Crippen LogP) is 0.485. The number of halogens is 1. The number of hydrogen-bond donors (Lipinski definition) is 2. The number of non-ortho nitro benzene ring substituents is 1. The fourth-order valence-electron chi connectivity index (χ4n) is 1.08. The van der Waals surface area contributed by atoms with Crippen LogP contribution in [0, 0.1) is 10.1 Å². The van der Waals surface area contributed by atoms with Crippen LogP contribution < -0.4 is 10.5 Å². The molecule has 1 rings (SSSR count). The second-order valence-corrected chi connectivity index (χ2v) is 5.20. The Morgan fingerprint density at radius 1 is 1.47 bits per heavy atom. The van der Waals surface area contributed by atoms with E-state index < -0.39 is 14.9 Å². The Kier molecular flexibility index (Phi) is 4.40. The molecule has 0 bridgehead atoms. The average molecular weight is 280 g/mol. The van der Waals surface area contributed by atoms with E-state index in [2.05, 4.69) is 4.72 Å². The van der Waals surface area contributed by atoms with Gasteiger partial charge in [-0.3, -0.25) is 10.1 Å². The van der Waals surface area contributed by atoms with Crippen molar-refractivity contribution >= 4 is 27.3 Å². The van der Waals surface area contributed by atoms with E-state index in [1.807, 2.05) is 0 Å². The van der Waals surface area contributed by atoms with Crippen molar-refractivity contribution in [3.8, 4) is 0 Å². The fourth-order valence-corrected chi connectivity index (χ4v) is 2.65. The maximum absolute atomic E-state index is 11.7. The number of nitro benzene ring substituents is 1. The van der Waals surface area contributed by atoms with Crippen molar-refractivity contribution in [3.63, 3.8) is 0 Å². The van der Waals surface area contributed by atoms with Crippen LogP contribution in [0.15, 0.2) is 23.1 Å². The van der Waals surface area contributed by atoms with E-state index in [-0.39, 0.29) is 28.7 Å². The normalized spacial score (nSPS) is 11.4. The summed E-state index contributed by atoms with van der Waals surface area (Å²) in [6.07, 6.45) is 0. The Bertz CT molecular complexity index is 532. The molecule has 0 aliphatic carbocycles. The third-order valence-electron chi connectivity index (χ3n) is 1.85. The van der Waals surface area contributed by atoms with Gasteiger partial charge < -0.3 is 5.73 Å². The van der Waals surface area contributed by atoms with Gasteiger partial charge in [-0.05, 0) is 6.07 Å². The lowest BCUT2D eigenvalue weighted by Crippen LogP contribution is -2.29. The molecule has 0 aromatic heterocycles. The van der Waals surface area contributed by atoms with Gasteiger partial charge in [0.15, 0.2) is 0 Å². The monoisotopic (exact) mass is 279 g/mol. The summed E-state index contributed by atoms with van der Waals surface area (Å²) in [6, 6.07) is 3.20. The van der Waals surface area contributed by atoms with E-state index in [0.717, 1.165) is 18.2 Å². The topological polar surface area (TPSA) is 115 Å². The number of rotatable bonds is 5. The number of hydrogen-bond acceptors (Lipinski definition) is 5.